The number of carbonyl (C=O) groups is 3. The fraction of sp³-hybridized carbons (Fsp3) is 0.471. The van der Waals surface area contributed by atoms with Crippen molar-refractivity contribution < 1.29 is 23.9 Å². The molecule has 1 aromatic carbocycles. The largest absolute Gasteiger partial charge is 0.466 e. The van der Waals surface area contributed by atoms with E-state index >= 15 is 0 Å². The van der Waals surface area contributed by atoms with Crippen LogP contribution in [-0.2, 0) is 25.7 Å². The van der Waals surface area contributed by atoms with Crippen LogP contribution < -0.4 is 0 Å². The second kappa shape index (κ2) is 6.40. The Hall–Kier alpha value is -2.37. The van der Waals surface area contributed by atoms with Gasteiger partial charge in [0.05, 0.1) is 19.1 Å². The zero-order valence-electron chi connectivity index (χ0n) is 12.9. The maximum atomic E-state index is 12.1. The van der Waals surface area contributed by atoms with Crippen LogP contribution in [0.25, 0.3) is 0 Å². The SMILES string of the molecule is CCOC(=O)C1C2CN(C(=O)OCc3ccccc3)CC(=O)C21. The molecular formula is C17H19NO5. The molecule has 1 saturated heterocycles. The molecule has 2 aliphatic rings. The Morgan fingerprint density at radius 2 is 1.96 bits per heavy atom. The summed E-state index contributed by atoms with van der Waals surface area (Å²) in [6.07, 6.45) is -0.518. The van der Waals surface area contributed by atoms with Crippen LogP contribution in [0.4, 0.5) is 4.79 Å². The Bertz CT molecular complexity index is 615. The van der Waals surface area contributed by atoms with Crippen molar-refractivity contribution in [1.29, 1.82) is 0 Å². The van der Waals surface area contributed by atoms with Crippen LogP contribution in [-0.4, -0.2) is 42.4 Å². The van der Waals surface area contributed by atoms with Crippen molar-refractivity contribution in [1.82, 2.24) is 4.90 Å². The first-order valence-corrected chi connectivity index (χ1v) is 7.76. The topological polar surface area (TPSA) is 72.9 Å². The summed E-state index contributed by atoms with van der Waals surface area (Å²) in [6, 6.07) is 9.35. The average Bonchev–Trinajstić information content (AvgIpc) is 3.29. The van der Waals surface area contributed by atoms with E-state index in [1.807, 2.05) is 30.3 Å². The van der Waals surface area contributed by atoms with E-state index in [9.17, 15) is 14.4 Å². The highest BCUT2D eigenvalue weighted by atomic mass is 16.6. The highest BCUT2D eigenvalue weighted by molar-refractivity contribution is 5.96. The molecule has 1 amide bonds. The minimum atomic E-state index is -0.518. The molecule has 6 nitrogen and oxygen atoms in total. The molecule has 122 valence electrons. The predicted octanol–water partition coefficient (Wildman–Crippen LogP) is 1.63. The van der Waals surface area contributed by atoms with Gasteiger partial charge >= 0.3 is 12.1 Å². The second-order valence-electron chi connectivity index (χ2n) is 5.85. The molecule has 2 fully saturated rings. The Labute approximate surface area is 134 Å². The zero-order valence-corrected chi connectivity index (χ0v) is 12.9. The Kier molecular flexibility index (Phi) is 4.32. The van der Waals surface area contributed by atoms with E-state index in [-0.39, 0.29) is 36.7 Å². The van der Waals surface area contributed by atoms with E-state index in [1.54, 1.807) is 6.92 Å². The molecule has 6 heteroatoms. The number of ether oxygens (including phenoxy) is 2. The van der Waals surface area contributed by atoms with Crippen molar-refractivity contribution in [2.75, 3.05) is 19.7 Å². The zero-order chi connectivity index (χ0) is 16.4. The fourth-order valence-corrected chi connectivity index (χ4v) is 3.16. The number of carbonyl (C=O) groups excluding carboxylic acids is 3. The molecule has 23 heavy (non-hydrogen) atoms. The maximum absolute atomic E-state index is 12.1. The summed E-state index contributed by atoms with van der Waals surface area (Å²) in [5.74, 6) is -1.23. The second-order valence-corrected chi connectivity index (χ2v) is 5.85. The number of Topliss-reactive ketones (excluding diaryl/α,β-unsaturated/α-hetero) is 1. The van der Waals surface area contributed by atoms with Crippen LogP contribution in [0.5, 0.6) is 0 Å². The third-order valence-corrected chi connectivity index (χ3v) is 4.34. The van der Waals surface area contributed by atoms with E-state index in [0.717, 1.165) is 5.56 Å². The van der Waals surface area contributed by atoms with Crippen molar-refractivity contribution in [2.24, 2.45) is 17.8 Å². The fourth-order valence-electron chi connectivity index (χ4n) is 3.16. The van der Waals surface area contributed by atoms with Gasteiger partial charge in [0, 0.05) is 18.4 Å². The normalized spacial score (nSPS) is 25.5. The van der Waals surface area contributed by atoms with Gasteiger partial charge in [0.2, 0.25) is 0 Å². The van der Waals surface area contributed by atoms with Gasteiger partial charge in [-0.1, -0.05) is 30.3 Å². The van der Waals surface area contributed by atoms with Crippen LogP contribution in [0.2, 0.25) is 0 Å². The number of rotatable bonds is 4. The Morgan fingerprint density at radius 1 is 1.22 bits per heavy atom. The maximum Gasteiger partial charge on any atom is 0.410 e. The third-order valence-electron chi connectivity index (χ3n) is 4.34. The number of esters is 1. The summed E-state index contributed by atoms with van der Waals surface area (Å²) >= 11 is 0. The Balaban J connectivity index is 1.55. The Morgan fingerprint density at radius 3 is 2.65 bits per heavy atom. The number of piperidine rings is 1. The lowest BCUT2D eigenvalue weighted by Gasteiger charge is -2.24. The number of benzene rings is 1. The third kappa shape index (κ3) is 3.21. The van der Waals surface area contributed by atoms with Gasteiger partial charge in [-0.05, 0) is 12.5 Å². The van der Waals surface area contributed by atoms with Gasteiger partial charge in [-0.3, -0.25) is 9.59 Å². The summed E-state index contributed by atoms with van der Waals surface area (Å²) in [4.78, 5) is 37.4. The van der Waals surface area contributed by atoms with E-state index in [4.69, 9.17) is 9.47 Å². The summed E-state index contributed by atoms with van der Waals surface area (Å²) in [5.41, 5.74) is 0.887. The van der Waals surface area contributed by atoms with Gasteiger partial charge in [-0.15, -0.1) is 0 Å². The molecule has 3 rings (SSSR count). The molecule has 0 aromatic heterocycles. The van der Waals surface area contributed by atoms with Gasteiger partial charge in [0.1, 0.15) is 6.61 Å². The summed E-state index contributed by atoms with van der Waals surface area (Å²) in [6.45, 7) is 2.57. The smallest absolute Gasteiger partial charge is 0.410 e. The van der Waals surface area contributed by atoms with Crippen LogP contribution in [0.3, 0.4) is 0 Å². The van der Waals surface area contributed by atoms with E-state index in [1.165, 1.54) is 4.90 Å². The lowest BCUT2D eigenvalue weighted by atomic mass is 10.1. The highest BCUT2D eigenvalue weighted by Gasteiger charge is 2.62. The van der Waals surface area contributed by atoms with Crippen molar-refractivity contribution in [3.8, 4) is 0 Å². The number of fused-ring (bicyclic) bond motifs is 1. The van der Waals surface area contributed by atoms with Crippen molar-refractivity contribution >= 4 is 17.8 Å². The van der Waals surface area contributed by atoms with E-state index < -0.39 is 12.0 Å². The van der Waals surface area contributed by atoms with Gasteiger partial charge < -0.3 is 14.4 Å². The minimum absolute atomic E-state index is 0.00466. The van der Waals surface area contributed by atoms with Crippen molar-refractivity contribution in [3.63, 3.8) is 0 Å². The van der Waals surface area contributed by atoms with Crippen LogP contribution in [0.15, 0.2) is 30.3 Å². The summed E-state index contributed by atoms with van der Waals surface area (Å²) in [5, 5.41) is 0. The average molecular weight is 317 g/mol. The number of ketones is 1. The minimum Gasteiger partial charge on any atom is -0.466 e. The molecule has 0 spiro atoms. The molecule has 1 aliphatic heterocycles. The molecule has 3 unspecified atom stereocenters. The molecule has 3 atom stereocenters. The van der Waals surface area contributed by atoms with Gasteiger partial charge in [0.15, 0.2) is 5.78 Å². The highest BCUT2D eigenvalue weighted by Crippen LogP contribution is 2.50. The standard InChI is InChI=1S/C17H19NO5/c1-2-22-16(20)15-12-8-18(9-13(19)14(12)15)17(21)23-10-11-6-4-3-5-7-11/h3-7,12,14-15H,2,8-10H2,1H3. The number of hydrogen-bond donors (Lipinski definition) is 0. The van der Waals surface area contributed by atoms with Crippen molar-refractivity contribution in [2.45, 2.75) is 13.5 Å². The lowest BCUT2D eigenvalue weighted by Crippen LogP contribution is -2.41. The van der Waals surface area contributed by atoms with Crippen LogP contribution in [0, 0.1) is 17.8 Å². The molecule has 0 radical (unpaired) electrons. The van der Waals surface area contributed by atoms with Gasteiger partial charge in [-0.2, -0.15) is 0 Å². The monoisotopic (exact) mass is 317 g/mol. The first-order chi connectivity index (χ1) is 11.1. The molecule has 0 bridgehead atoms. The van der Waals surface area contributed by atoms with Crippen LogP contribution in [0.1, 0.15) is 12.5 Å². The van der Waals surface area contributed by atoms with Crippen molar-refractivity contribution in [3.05, 3.63) is 35.9 Å². The predicted molar refractivity (Wildman–Crippen MR) is 80.3 cm³/mol. The molecule has 1 saturated carbocycles. The van der Waals surface area contributed by atoms with Crippen LogP contribution >= 0.6 is 0 Å². The molecule has 1 heterocycles. The van der Waals surface area contributed by atoms with Gasteiger partial charge in [-0.25, -0.2) is 4.79 Å². The molecule has 0 N–H and O–H groups in total. The number of nitrogens with zero attached hydrogens (tertiary/aromatic N) is 1. The first kappa shape index (κ1) is 15.5. The lowest BCUT2D eigenvalue weighted by molar-refractivity contribution is -0.146. The first-order valence-electron chi connectivity index (χ1n) is 7.76. The summed E-state index contributed by atoms with van der Waals surface area (Å²) < 4.78 is 10.2. The number of amides is 1. The molecule has 1 aromatic rings. The van der Waals surface area contributed by atoms with E-state index in [0.29, 0.717) is 13.2 Å². The summed E-state index contributed by atoms with van der Waals surface area (Å²) in [7, 11) is 0. The van der Waals surface area contributed by atoms with Gasteiger partial charge in [0.25, 0.3) is 0 Å². The number of hydrogen-bond acceptors (Lipinski definition) is 5. The van der Waals surface area contributed by atoms with E-state index in [2.05, 4.69) is 0 Å². The molecular weight excluding hydrogens is 298 g/mol. The number of likely N-dealkylation sites (tertiary alicyclic amines) is 1. The molecule has 1 aliphatic carbocycles. The quantitative estimate of drug-likeness (QED) is 0.789.